The number of para-hydroxylation sites is 2. The number of carbonyl (C=O) groups excluding carboxylic acids is 1. The van der Waals surface area contributed by atoms with Gasteiger partial charge in [0.25, 0.3) is 0 Å². The molecule has 3 aromatic rings. The highest BCUT2D eigenvalue weighted by molar-refractivity contribution is 8.93. The molecule has 1 heterocycles. The highest BCUT2D eigenvalue weighted by Gasteiger charge is 2.22. The Hall–Kier alpha value is -2.92. The highest BCUT2D eigenvalue weighted by atomic mass is 79.9. The molecular formula is C27H29BrN2O2. The van der Waals surface area contributed by atoms with Crippen molar-refractivity contribution in [3.63, 3.8) is 0 Å². The second kappa shape index (κ2) is 11.6. The smallest absolute Gasteiger partial charge is 0.182 e. The van der Waals surface area contributed by atoms with Crippen LogP contribution in [0.2, 0.25) is 0 Å². The molecule has 0 aromatic heterocycles. The lowest BCUT2D eigenvalue weighted by atomic mass is 10.0. The third-order valence-electron chi connectivity index (χ3n) is 5.66. The zero-order chi connectivity index (χ0) is 21.5. The molecule has 0 unspecified atom stereocenters. The van der Waals surface area contributed by atoms with Crippen LogP contribution in [0, 0.1) is 0 Å². The van der Waals surface area contributed by atoms with Crippen LogP contribution in [0.1, 0.15) is 36.0 Å². The molecule has 0 bridgehead atoms. The van der Waals surface area contributed by atoms with Crippen LogP contribution in [-0.2, 0) is 0 Å². The third-order valence-corrected chi connectivity index (χ3v) is 5.66. The highest BCUT2D eigenvalue weighted by Crippen LogP contribution is 2.30. The molecule has 3 aromatic carbocycles. The molecule has 1 aliphatic heterocycles. The Balaban J connectivity index is 0.00000289. The van der Waals surface area contributed by atoms with E-state index in [4.69, 9.17) is 9.73 Å². The van der Waals surface area contributed by atoms with Gasteiger partial charge in [0.1, 0.15) is 11.6 Å². The summed E-state index contributed by atoms with van der Waals surface area (Å²) in [6.45, 7) is 1.05. The Morgan fingerprint density at radius 1 is 0.875 bits per heavy atom. The van der Waals surface area contributed by atoms with Crippen LogP contribution >= 0.6 is 17.0 Å². The van der Waals surface area contributed by atoms with Crippen molar-refractivity contribution in [2.75, 3.05) is 25.1 Å². The van der Waals surface area contributed by atoms with Crippen LogP contribution in [0.15, 0.2) is 83.9 Å². The van der Waals surface area contributed by atoms with Gasteiger partial charge in [-0.3, -0.25) is 9.79 Å². The van der Waals surface area contributed by atoms with Crippen molar-refractivity contribution in [2.45, 2.75) is 25.7 Å². The standard InChI is InChI=1S/C27H28N2O2.BrH/c1-31-26-13-8-7-12-24(26)29(27-14-6-3-9-19-28-27)20-25(30)23-17-15-22(16-18-23)21-10-4-2-5-11-21;/h2,4-5,7-8,10-13,15-18H,3,6,9,14,19-20H2,1H3;1H. The van der Waals surface area contributed by atoms with Gasteiger partial charge < -0.3 is 9.64 Å². The maximum Gasteiger partial charge on any atom is 0.182 e. The maximum atomic E-state index is 13.3. The first-order valence-electron chi connectivity index (χ1n) is 10.9. The number of amidine groups is 1. The van der Waals surface area contributed by atoms with Crippen LogP contribution in [0.3, 0.4) is 0 Å². The number of carbonyl (C=O) groups is 1. The minimum Gasteiger partial charge on any atom is -0.495 e. The number of hydrogen-bond acceptors (Lipinski definition) is 4. The van der Waals surface area contributed by atoms with E-state index in [1.807, 2.05) is 71.6 Å². The number of methoxy groups -OCH3 is 1. The number of benzene rings is 3. The molecule has 0 fully saturated rings. The first kappa shape index (κ1) is 23.7. The number of halogens is 1. The molecule has 0 atom stereocenters. The first-order valence-corrected chi connectivity index (χ1v) is 10.9. The van der Waals surface area contributed by atoms with Crippen molar-refractivity contribution in [1.29, 1.82) is 0 Å². The number of hydrogen-bond donors (Lipinski definition) is 0. The third kappa shape index (κ3) is 5.65. The molecule has 166 valence electrons. The number of nitrogens with zero attached hydrogens (tertiary/aromatic N) is 2. The van der Waals surface area contributed by atoms with Gasteiger partial charge in [0, 0.05) is 18.5 Å². The van der Waals surface area contributed by atoms with Gasteiger partial charge in [0.15, 0.2) is 5.78 Å². The molecule has 4 nitrogen and oxygen atoms in total. The fraction of sp³-hybridized carbons (Fsp3) is 0.259. The second-order valence-electron chi connectivity index (χ2n) is 7.73. The zero-order valence-corrected chi connectivity index (χ0v) is 20.1. The summed E-state index contributed by atoms with van der Waals surface area (Å²) in [4.78, 5) is 20.1. The molecule has 32 heavy (non-hydrogen) atoms. The lowest BCUT2D eigenvalue weighted by Gasteiger charge is -2.27. The predicted molar refractivity (Wildman–Crippen MR) is 138 cm³/mol. The minimum absolute atomic E-state index is 0. The summed E-state index contributed by atoms with van der Waals surface area (Å²) in [5.41, 5.74) is 3.84. The number of ether oxygens (including phenoxy) is 1. The summed E-state index contributed by atoms with van der Waals surface area (Å²) in [5.74, 6) is 1.79. The van der Waals surface area contributed by atoms with Crippen LogP contribution in [0.5, 0.6) is 5.75 Å². The Kier molecular flexibility index (Phi) is 8.63. The summed E-state index contributed by atoms with van der Waals surface area (Å²) >= 11 is 0. The molecule has 0 spiro atoms. The van der Waals surface area contributed by atoms with Crippen LogP contribution < -0.4 is 9.64 Å². The first-order chi connectivity index (χ1) is 15.3. The van der Waals surface area contributed by atoms with Gasteiger partial charge in [-0.2, -0.15) is 0 Å². The zero-order valence-electron chi connectivity index (χ0n) is 18.4. The van der Waals surface area contributed by atoms with Crippen LogP contribution in [0.25, 0.3) is 11.1 Å². The average molecular weight is 493 g/mol. The van der Waals surface area contributed by atoms with E-state index in [0.717, 1.165) is 54.2 Å². The fourth-order valence-electron chi connectivity index (χ4n) is 3.96. The Morgan fingerprint density at radius 3 is 2.31 bits per heavy atom. The van der Waals surface area contributed by atoms with E-state index in [1.54, 1.807) is 7.11 Å². The van der Waals surface area contributed by atoms with E-state index in [2.05, 4.69) is 12.1 Å². The van der Waals surface area contributed by atoms with Crippen LogP contribution in [-0.4, -0.2) is 31.8 Å². The van der Waals surface area contributed by atoms with E-state index in [-0.39, 0.29) is 29.3 Å². The van der Waals surface area contributed by atoms with Crippen molar-refractivity contribution in [3.8, 4) is 16.9 Å². The molecule has 5 heteroatoms. The minimum atomic E-state index is 0. The molecule has 0 N–H and O–H groups in total. The summed E-state index contributed by atoms with van der Waals surface area (Å²) in [7, 11) is 1.66. The number of anilines is 1. The number of ketones is 1. The van der Waals surface area contributed by atoms with Crippen molar-refractivity contribution in [2.24, 2.45) is 4.99 Å². The molecule has 0 amide bonds. The molecule has 4 rings (SSSR count). The predicted octanol–water partition coefficient (Wildman–Crippen LogP) is 6.60. The van der Waals surface area contributed by atoms with E-state index >= 15 is 0 Å². The van der Waals surface area contributed by atoms with Gasteiger partial charge in [-0.05, 0) is 36.1 Å². The number of aliphatic imine (C=N–C) groups is 1. The van der Waals surface area contributed by atoms with E-state index in [0.29, 0.717) is 5.56 Å². The van der Waals surface area contributed by atoms with E-state index in [1.165, 1.54) is 6.42 Å². The lowest BCUT2D eigenvalue weighted by Crippen LogP contribution is -2.36. The Bertz CT molecular complexity index is 1050. The molecule has 0 radical (unpaired) electrons. The van der Waals surface area contributed by atoms with E-state index < -0.39 is 0 Å². The largest absolute Gasteiger partial charge is 0.495 e. The lowest BCUT2D eigenvalue weighted by molar-refractivity contribution is 0.100. The van der Waals surface area contributed by atoms with Gasteiger partial charge in [0.05, 0.1) is 19.3 Å². The quantitative estimate of drug-likeness (QED) is 0.363. The van der Waals surface area contributed by atoms with Gasteiger partial charge in [-0.15, -0.1) is 17.0 Å². The van der Waals surface area contributed by atoms with E-state index in [9.17, 15) is 4.79 Å². The molecule has 0 aliphatic carbocycles. The summed E-state index contributed by atoms with van der Waals surface area (Å²) < 4.78 is 5.59. The summed E-state index contributed by atoms with van der Waals surface area (Å²) in [6, 6.07) is 25.9. The van der Waals surface area contributed by atoms with Crippen molar-refractivity contribution in [1.82, 2.24) is 0 Å². The molecule has 0 saturated heterocycles. The molecular weight excluding hydrogens is 464 g/mol. The van der Waals surface area contributed by atoms with Gasteiger partial charge in [0.2, 0.25) is 0 Å². The van der Waals surface area contributed by atoms with Gasteiger partial charge >= 0.3 is 0 Å². The Morgan fingerprint density at radius 2 is 1.56 bits per heavy atom. The number of rotatable bonds is 6. The monoisotopic (exact) mass is 492 g/mol. The van der Waals surface area contributed by atoms with Crippen molar-refractivity contribution < 1.29 is 9.53 Å². The maximum absolute atomic E-state index is 13.3. The second-order valence-corrected chi connectivity index (χ2v) is 7.73. The topological polar surface area (TPSA) is 41.9 Å². The molecule has 0 saturated carbocycles. The Labute approximate surface area is 200 Å². The number of Topliss-reactive ketones (excluding diaryl/α,β-unsaturated/α-hetero) is 1. The van der Waals surface area contributed by atoms with Crippen LogP contribution in [0.4, 0.5) is 5.69 Å². The molecule has 1 aliphatic rings. The summed E-state index contributed by atoms with van der Waals surface area (Å²) in [6.07, 6.45) is 4.22. The fourth-order valence-corrected chi connectivity index (χ4v) is 3.96. The van der Waals surface area contributed by atoms with Gasteiger partial charge in [-0.25, -0.2) is 0 Å². The van der Waals surface area contributed by atoms with Crippen molar-refractivity contribution >= 4 is 34.3 Å². The summed E-state index contributed by atoms with van der Waals surface area (Å²) in [5, 5.41) is 0. The average Bonchev–Trinajstić information content (AvgIpc) is 3.12. The normalized spacial score (nSPS) is 13.3. The van der Waals surface area contributed by atoms with Gasteiger partial charge in [-0.1, -0.05) is 73.2 Å². The SMILES string of the molecule is Br.COc1ccccc1N(CC(=O)c1ccc(-c2ccccc2)cc1)C1=NCCCCC1. The van der Waals surface area contributed by atoms with Crippen molar-refractivity contribution in [3.05, 3.63) is 84.4 Å².